The molecule has 0 fully saturated rings. The Bertz CT molecular complexity index is 743. The van der Waals surface area contributed by atoms with Gasteiger partial charge in [0, 0.05) is 0 Å². The van der Waals surface area contributed by atoms with Gasteiger partial charge in [0.2, 0.25) is 0 Å². The Morgan fingerprint density at radius 2 is 1.83 bits per heavy atom. The molecule has 2 N–H and O–H groups in total. The maximum absolute atomic E-state index is 12.6. The number of ether oxygens (including phenoxy) is 1. The summed E-state index contributed by atoms with van der Waals surface area (Å²) in [5, 5.41) is 10.9. The lowest BCUT2D eigenvalue weighted by Gasteiger charge is -2.20. The fraction of sp³-hybridized carbons (Fsp3) is 0.571. The molecule has 1 amide bonds. The molecule has 0 bridgehead atoms. The van der Waals surface area contributed by atoms with E-state index in [0.717, 1.165) is 23.1 Å². The number of hydrogen-bond acceptors (Lipinski definition) is 7. The lowest BCUT2D eigenvalue weighted by Crippen LogP contribution is -2.28. The van der Waals surface area contributed by atoms with Crippen molar-refractivity contribution in [2.24, 2.45) is 0 Å². The zero-order valence-electron chi connectivity index (χ0n) is 14.3. The van der Waals surface area contributed by atoms with Crippen LogP contribution in [0.25, 0.3) is 0 Å². The Morgan fingerprint density at radius 3 is 2.21 bits per heavy atom. The molecule has 0 aliphatic carbocycles. The number of rotatable bonds is 5. The number of carbonyl (C=O) groups is 2. The summed E-state index contributed by atoms with van der Waals surface area (Å²) in [4.78, 5) is 23.1. The van der Waals surface area contributed by atoms with Crippen LogP contribution in [0.4, 0.5) is 10.5 Å². The fourth-order valence-electron chi connectivity index (χ4n) is 1.69. The predicted molar refractivity (Wildman–Crippen MR) is 95.2 cm³/mol. The van der Waals surface area contributed by atoms with Crippen molar-refractivity contribution in [2.75, 3.05) is 11.6 Å². The Morgan fingerprint density at radius 1 is 1.29 bits per heavy atom. The molecule has 0 aromatic carbocycles. The summed E-state index contributed by atoms with van der Waals surface area (Å²) >= 11 is 1.93. The lowest BCUT2D eigenvalue weighted by molar-refractivity contribution is 0.0635. The molecule has 0 aliphatic rings. The van der Waals surface area contributed by atoms with E-state index in [0.29, 0.717) is 4.21 Å². The van der Waals surface area contributed by atoms with E-state index in [9.17, 15) is 23.1 Å². The Kier molecular flexibility index (Phi) is 6.34. The first kappa shape index (κ1) is 20.8. The van der Waals surface area contributed by atoms with Crippen LogP contribution in [-0.2, 0) is 14.6 Å². The highest BCUT2D eigenvalue weighted by Gasteiger charge is 2.34. The Labute approximate surface area is 149 Å². The van der Waals surface area contributed by atoms with Gasteiger partial charge in [-0.15, -0.1) is 23.1 Å². The first-order chi connectivity index (χ1) is 10.8. The van der Waals surface area contributed by atoms with E-state index < -0.39 is 32.8 Å². The second-order valence-electron chi connectivity index (χ2n) is 6.15. The van der Waals surface area contributed by atoms with Gasteiger partial charge in [0.1, 0.15) is 15.4 Å². The second-order valence-corrected chi connectivity index (χ2v) is 10.7. The number of thiophene rings is 1. The average molecular weight is 396 g/mol. The quantitative estimate of drug-likeness (QED) is 0.731. The van der Waals surface area contributed by atoms with Gasteiger partial charge in [-0.25, -0.2) is 18.0 Å². The zero-order chi connectivity index (χ0) is 18.9. The molecule has 0 spiro atoms. The van der Waals surface area contributed by atoms with Crippen molar-refractivity contribution in [1.82, 2.24) is 0 Å². The van der Waals surface area contributed by atoms with Crippen molar-refractivity contribution >= 4 is 50.7 Å². The first-order valence-electron chi connectivity index (χ1n) is 6.99. The van der Waals surface area contributed by atoms with E-state index in [-0.39, 0.29) is 15.5 Å². The second kappa shape index (κ2) is 7.32. The van der Waals surface area contributed by atoms with Crippen LogP contribution in [0.3, 0.4) is 0 Å². The van der Waals surface area contributed by atoms with Crippen LogP contribution >= 0.6 is 23.1 Å². The summed E-state index contributed by atoms with van der Waals surface area (Å²) in [6.45, 7) is 7.94. The molecule has 0 saturated heterocycles. The third kappa shape index (κ3) is 4.64. The number of carbonyl (C=O) groups excluding carboxylic acids is 1. The minimum atomic E-state index is -3.80. The molecule has 1 aromatic heterocycles. The highest BCUT2D eigenvalue weighted by atomic mass is 32.2. The Hall–Kier alpha value is -1.26. The topological polar surface area (TPSA) is 110 Å². The zero-order valence-corrected chi connectivity index (χ0v) is 16.7. The summed E-state index contributed by atoms with van der Waals surface area (Å²) in [6.07, 6.45) is 0.740. The van der Waals surface area contributed by atoms with Gasteiger partial charge in [-0.1, -0.05) is 0 Å². The fourth-order valence-corrected chi connectivity index (χ4v) is 5.56. The van der Waals surface area contributed by atoms with Gasteiger partial charge in [0.25, 0.3) is 0 Å². The predicted octanol–water partition coefficient (Wildman–Crippen LogP) is 3.70. The van der Waals surface area contributed by atoms with E-state index in [4.69, 9.17) is 4.74 Å². The van der Waals surface area contributed by atoms with Crippen LogP contribution in [0.15, 0.2) is 9.10 Å². The van der Waals surface area contributed by atoms with Crippen LogP contribution in [0.1, 0.15) is 44.3 Å². The summed E-state index contributed by atoms with van der Waals surface area (Å²) < 4.78 is 30.7. The maximum atomic E-state index is 12.6. The van der Waals surface area contributed by atoms with Crippen LogP contribution in [0.5, 0.6) is 0 Å². The van der Waals surface area contributed by atoms with E-state index in [1.807, 2.05) is 0 Å². The third-order valence-electron chi connectivity index (χ3n) is 2.74. The molecular formula is C14H21NO6S3. The molecule has 1 heterocycles. The standard InChI is InChI=1S/C14H21NO6S3/c1-7(2)24(19,20)10-8(15-13(18)21-14(3,4)5)9(11(16)17)23-12(10)22-6/h7H,1-6H3,(H,15,18)(H,16,17). The van der Waals surface area contributed by atoms with Crippen LogP contribution in [-0.4, -0.2) is 42.7 Å². The van der Waals surface area contributed by atoms with Crippen molar-refractivity contribution in [1.29, 1.82) is 0 Å². The van der Waals surface area contributed by atoms with E-state index in [2.05, 4.69) is 5.32 Å². The smallest absolute Gasteiger partial charge is 0.412 e. The number of nitrogens with one attached hydrogen (secondary N) is 1. The van der Waals surface area contributed by atoms with Crippen molar-refractivity contribution in [3.8, 4) is 0 Å². The number of aromatic carboxylic acids is 1. The number of amides is 1. The minimum absolute atomic E-state index is 0.168. The molecule has 136 valence electrons. The van der Waals surface area contributed by atoms with Gasteiger partial charge in [0.15, 0.2) is 9.84 Å². The summed E-state index contributed by atoms with van der Waals surface area (Å²) in [5.41, 5.74) is -1.04. The van der Waals surface area contributed by atoms with Crippen molar-refractivity contribution in [2.45, 2.75) is 54.6 Å². The first-order valence-corrected chi connectivity index (χ1v) is 10.6. The van der Waals surface area contributed by atoms with E-state index in [1.165, 1.54) is 13.8 Å². The molecule has 0 unspecified atom stereocenters. The molecule has 1 rings (SSSR count). The number of sulfone groups is 1. The van der Waals surface area contributed by atoms with Crippen molar-refractivity contribution < 1.29 is 27.9 Å². The van der Waals surface area contributed by atoms with Gasteiger partial charge in [0.05, 0.1) is 15.1 Å². The van der Waals surface area contributed by atoms with Crippen molar-refractivity contribution in [3.05, 3.63) is 4.88 Å². The van der Waals surface area contributed by atoms with Crippen molar-refractivity contribution in [3.63, 3.8) is 0 Å². The molecule has 0 radical (unpaired) electrons. The molecule has 0 saturated carbocycles. The average Bonchev–Trinajstić information content (AvgIpc) is 2.75. The van der Waals surface area contributed by atoms with Crippen LogP contribution in [0, 0.1) is 0 Å². The molecule has 7 nitrogen and oxygen atoms in total. The third-order valence-corrected chi connectivity index (χ3v) is 7.52. The highest BCUT2D eigenvalue weighted by molar-refractivity contribution is 8.01. The minimum Gasteiger partial charge on any atom is -0.477 e. The summed E-state index contributed by atoms with van der Waals surface area (Å²) in [5.74, 6) is -1.31. The molecule has 0 aliphatic heterocycles. The number of anilines is 1. The molecule has 0 atom stereocenters. The van der Waals surface area contributed by atoms with Crippen LogP contribution in [0.2, 0.25) is 0 Å². The van der Waals surface area contributed by atoms with Gasteiger partial charge >= 0.3 is 12.1 Å². The number of carboxylic acids is 1. The number of thioether (sulfide) groups is 1. The molecule has 24 heavy (non-hydrogen) atoms. The lowest BCUT2D eigenvalue weighted by atomic mass is 10.2. The van der Waals surface area contributed by atoms with Gasteiger partial charge in [-0.3, -0.25) is 5.32 Å². The van der Waals surface area contributed by atoms with Crippen LogP contribution < -0.4 is 5.32 Å². The number of carboxylic acid groups (broad SMARTS) is 1. The van der Waals surface area contributed by atoms with E-state index in [1.54, 1.807) is 27.0 Å². The van der Waals surface area contributed by atoms with Gasteiger partial charge in [-0.05, 0) is 40.9 Å². The maximum Gasteiger partial charge on any atom is 0.412 e. The van der Waals surface area contributed by atoms with E-state index >= 15 is 0 Å². The summed E-state index contributed by atoms with van der Waals surface area (Å²) in [7, 11) is -3.80. The SMILES string of the molecule is CSc1sc(C(=O)O)c(NC(=O)OC(C)(C)C)c1S(=O)(=O)C(C)C. The van der Waals surface area contributed by atoms with Gasteiger partial charge in [-0.2, -0.15) is 0 Å². The largest absolute Gasteiger partial charge is 0.477 e. The molecular weight excluding hydrogens is 374 g/mol. The van der Waals surface area contributed by atoms with Gasteiger partial charge < -0.3 is 9.84 Å². The normalized spacial score (nSPS) is 12.3. The monoisotopic (exact) mass is 395 g/mol. The Balaban J connectivity index is 3.53. The summed E-state index contributed by atoms with van der Waals surface area (Å²) in [6, 6.07) is 0. The molecule has 1 aromatic rings. The molecule has 10 heteroatoms. The number of hydrogen-bond donors (Lipinski definition) is 2. The highest BCUT2D eigenvalue weighted by Crippen LogP contribution is 2.43.